The van der Waals surface area contributed by atoms with Crippen molar-refractivity contribution in [1.82, 2.24) is 10.6 Å². The van der Waals surface area contributed by atoms with E-state index in [9.17, 15) is 4.79 Å². The van der Waals surface area contributed by atoms with Gasteiger partial charge in [0.1, 0.15) is 0 Å². The Hall–Kier alpha value is -1.80. The van der Waals surface area contributed by atoms with Crippen molar-refractivity contribution in [3.8, 4) is 0 Å². The number of para-hydroxylation sites is 1. The van der Waals surface area contributed by atoms with Gasteiger partial charge in [0.25, 0.3) is 0 Å². The number of amides is 1. The van der Waals surface area contributed by atoms with E-state index in [1.165, 1.54) is 5.56 Å². The van der Waals surface area contributed by atoms with E-state index in [4.69, 9.17) is 16.6 Å². The average Bonchev–Trinajstić information content (AvgIpc) is 2.70. The fraction of sp³-hybridized carbons (Fsp3) is 0.391. The van der Waals surface area contributed by atoms with Gasteiger partial charge in [0, 0.05) is 41.6 Å². The highest BCUT2D eigenvalue weighted by atomic mass is 127. The van der Waals surface area contributed by atoms with Crippen LogP contribution in [0.15, 0.2) is 53.5 Å². The molecule has 0 bridgehead atoms. The van der Waals surface area contributed by atoms with Crippen molar-refractivity contribution in [2.45, 2.75) is 38.5 Å². The minimum absolute atomic E-state index is 0. The Kier molecular flexibility index (Phi) is 8.97. The number of carbonyl (C=O) groups is 1. The van der Waals surface area contributed by atoms with E-state index in [2.05, 4.69) is 48.0 Å². The van der Waals surface area contributed by atoms with Crippen LogP contribution < -0.4 is 16.0 Å². The number of nitrogens with one attached hydrogen (secondary N) is 3. The van der Waals surface area contributed by atoms with E-state index in [0.29, 0.717) is 19.5 Å². The van der Waals surface area contributed by atoms with Crippen LogP contribution in [-0.2, 0) is 10.2 Å². The van der Waals surface area contributed by atoms with E-state index in [1.807, 2.05) is 37.3 Å². The molecule has 7 heteroatoms. The number of hydrogen-bond acceptors (Lipinski definition) is 2. The molecule has 0 spiro atoms. The maximum absolute atomic E-state index is 12.1. The zero-order valence-electron chi connectivity index (χ0n) is 17.7. The van der Waals surface area contributed by atoms with Crippen LogP contribution in [0.25, 0.3) is 0 Å². The second kappa shape index (κ2) is 11.0. The minimum atomic E-state index is -0.121. The summed E-state index contributed by atoms with van der Waals surface area (Å²) in [5.41, 5.74) is 3.14. The maximum atomic E-state index is 12.1. The normalized spacial score (nSPS) is 16.2. The molecule has 3 rings (SSSR count). The van der Waals surface area contributed by atoms with Gasteiger partial charge in [0.15, 0.2) is 5.96 Å². The summed E-state index contributed by atoms with van der Waals surface area (Å²) in [7, 11) is 0. The van der Waals surface area contributed by atoms with E-state index in [-0.39, 0.29) is 41.2 Å². The molecule has 1 atom stereocenters. The molecule has 0 aliphatic carbocycles. The molecule has 1 aliphatic rings. The molecule has 5 nitrogen and oxygen atoms in total. The van der Waals surface area contributed by atoms with Crippen molar-refractivity contribution >= 4 is 53.1 Å². The van der Waals surface area contributed by atoms with Gasteiger partial charge in [-0.1, -0.05) is 55.8 Å². The van der Waals surface area contributed by atoms with Gasteiger partial charge in [-0.2, -0.15) is 0 Å². The molecule has 1 unspecified atom stereocenters. The Bertz CT molecular complexity index is 883. The Balaban J connectivity index is 0.00000320. The number of rotatable bonds is 6. The third-order valence-electron chi connectivity index (χ3n) is 5.22. The van der Waals surface area contributed by atoms with Crippen molar-refractivity contribution < 1.29 is 4.79 Å². The predicted octanol–water partition coefficient (Wildman–Crippen LogP) is 4.92. The van der Waals surface area contributed by atoms with Crippen molar-refractivity contribution in [1.29, 1.82) is 0 Å². The zero-order valence-corrected chi connectivity index (χ0v) is 20.8. The molecule has 3 N–H and O–H groups in total. The van der Waals surface area contributed by atoms with E-state index in [1.54, 1.807) is 0 Å². The molecule has 1 amide bonds. The quantitative estimate of drug-likeness (QED) is 0.277. The molecule has 1 heterocycles. The average molecular weight is 541 g/mol. The standard InChI is InChI=1S/C23H29ClN4O.HI/c1-4-25-22(27-15-23(2,3)17-9-11-18(24)12-10-17)26-14-16-13-21(29)28-20-8-6-5-7-19(16)20;/h5-12,16H,4,13-15H2,1-3H3,(H,28,29)(H2,25,26,27);1H. The second-order valence-electron chi connectivity index (χ2n) is 8.00. The molecule has 2 aromatic carbocycles. The summed E-state index contributed by atoms with van der Waals surface area (Å²) in [6.45, 7) is 8.44. The van der Waals surface area contributed by atoms with Gasteiger partial charge < -0.3 is 16.0 Å². The molecule has 0 saturated heterocycles. The molecular weight excluding hydrogens is 511 g/mol. The van der Waals surface area contributed by atoms with Crippen LogP contribution in [0.3, 0.4) is 0 Å². The topological polar surface area (TPSA) is 65.5 Å². The van der Waals surface area contributed by atoms with Crippen LogP contribution in [-0.4, -0.2) is 31.5 Å². The lowest BCUT2D eigenvalue weighted by atomic mass is 9.85. The number of aliphatic imine (C=N–C) groups is 1. The molecule has 0 fully saturated rings. The number of hydrogen-bond donors (Lipinski definition) is 3. The lowest BCUT2D eigenvalue weighted by Gasteiger charge is -2.27. The molecule has 0 aromatic heterocycles. The first kappa shape index (κ1) is 24.5. The van der Waals surface area contributed by atoms with Gasteiger partial charge in [0.2, 0.25) is 5.91 Å². The lowest BCUT2D eigenvalue weighted by molar-refractivity contribution is -0.116. The second-order valence-corrected chi connectivity index (χ2v) is 8.44. The fourth-order valence-corrected chi connectivity index (χ4v) is 3.64. The van der Waals surface area contributed by atoms with Crippen LogP contribution in [0.2, 0.25) is 5.02 Å². The largest absolute Gasteiger partial charge is 0.357 e. The Morgan fingerprint density at radius 3 is 2.57 bits per heavy atom. The summed E-state index contributed by atoms with van der Waals surface area (Å²) < 4.78 is 0. The van der Waals surface area contributed by atoms with Gasteiger partial charge in [-0.05, 0) is 36.2 Å². The van der Waals surface area contributed by atoms with Crippen LogP contribution in [0, 0.1) is 0 Å². The Morgan fingerprint density at radius 1 is 1.17 bits per heavy atom. The predicted molar refractivity (Wildman–Crippen MR) is 136 cm³/mol. The van der Waals surface area contributed by atoms with E-state index < -0.39 is 0 Å². The minimum Gasteiger partial charge on any atom is -0.357 e. The highest BCUT2D eigenvalue weighted by molar-refractivity contribution is 14.0. The third-order valence-corrected chi connectivity index (χ3v) is 5.48. The molecule has 30 heavy (non-hydrogen) atoms. The van der Waals surface area contributed by atoms with Crippen molar-refractivity contribution in [3.05, 3.63) is 64.7 Å². The monoisotopic (exact) mass is 540 g/mol. The fourth-order valence-electron chi connectivity index (χ4n) is 3.51. The smallest absolute Gasteiger partial charge is 0.225 e. The summed E-state index contributed by atoms with van der Waals surface area (Å²) >= 11 is 6.02. The molecule has 162 valence electrons. The van der Waals surface area contributed by atoms with Crippen LogP contribution in [0.1, 0.15) is 44.2 Å². The number of halogens is 2. The number of guanidine groups is 1. The summed E-state index contributed by atoms with van der Waals surface area (Å²) in [6, 6.07) is 15.9. The molecule has 0 saturated carbocycles. The Labute approximate surface area is 201 Å². The number of nitrogens with zero attached hydrogens (tertiary/aromatic N) is 1. The van der Waals surface area contributed by atoms with Gasteiger partial charge in [-0.3, -0.25) is 9.79 Å². The number of benzene rings is 2. The first-order chi connectivity index (χ1) is 13.9. The van der Waals surface area contributed by atoms with Crippen molar-refractivity contribution in [3.63, 3.8) is 0 Å². The number of carbonyl (C=O) groups excluding carboxylic acids is 1. The van der Waals surface area contributed by atoms with Crippen molar-refractivity contribution in [2.24, 2.45) is 4.99 Å². The van der Waals surface area contributed by atoms with Gasteiger partial charge in [0.05, 0.1) is 6.54 Å². The highest BCUT2D eigenvalue weighted by Gasteiger charge is 2.25. The SMILES string of the molecule is CCNC(=NCC(C)(C)c1ccc(Cl)cc1)NCC1CC(=O)Nc2ccccc21.I. The molecular formula is C23H30ClIN4O. The van der Waals surface area contributed by atoms with E-state index >= 15 is 0 Å². The van der Waals surface area contributed by atoms with Gasteiger partial charge in [-0.25, -0.2) is 0 Å². The summed E-state index contributed by atoms with van der Waals surface area (Å²) in [5, 5.41) is 10.4. The number of fused-ring (bicyclic) bond motifs is 1. The highest BCUT2D eigenvalue weighted by Crippen LogP contribution is 2.31. The summed E-state index contributed by atoms with van der Waals surface area (Å²) in [4.78, 5) is 16.9. The van der Waals surface area contributed by atoms with Crippen molar-refractivity contribution in [2.75, 3.05) is 25.0 Å². The molecule has 0 radical (unpaired) electrons. The van der Waals surface area contributed by atoms with Crippen LogP contribution in [0.5, 0.6) is 0 Å². The first-order valence-corrected chi connectivity index (χ1v) is 10.4. The van der Waals surface area contributed by atoms with Gasteiger partial charge >= 0.3 is 0 Å². The van der Waals surface area contributed by atoms with E-state index in [0.717, 1.165) is 28.8 Å². The Morgan fingerprint density at radius 2 is 1.87 bits per heavy atom. The molecule has 2 aromatic rings. The lowest BCUT2D eigenvalue weighted by Crippen LogP contribution is -2.41. The van der Waals surface area contributed by atoms with Gasteiger partial charge in [-0.15, -0.1) is 24.0 Å². The first-order valence-electron chi connectivity index (χ1n) is 10.1. The summed E-state index contributed by atoms with van der Waals surface area (Å²) in [6.07, 6.45) is 0.472. The third kappa shape index (κ3) is 6.35. The van der Waals surface area contributed by atoms with Crippen LogP contribution >= 0.6 is 35.6 Å². The van der Waals surface area contributed by atoms with Crippen LogP contribution in [0.4, 0.5) is 5.69 Å². The number of anilines is 1. The molecule has 1 aliphatic heterocycles. The summed E-state index contributed by atoms with van der Waals surface area (Å²) in [5.74, 6) is 0.937. The maximum Gasteiger partial charge on any atom is 0.225 e. The zero-order chi connectivity index (χ0) is 20.9.